The van der Waals surface area contributed by atoms with Crippen LogP contribution in [0.25, 0.3) is 4.85 Å². The van der Waals surface area contributed by atoms with Crippen LogP contribution in [0.15, 0.2) is 66.9 Å². The summed E-state index contributed by atoms with van der Waals surface area (Å²) in [6, 6.07) is 20.8. The van der Waals surface area contributed by atoms with E-state index in [1.54, 1.807) is 18.2 Å². The van der Waals surface area contributed by atoms with Crippen molar-refractivity contribution in [3.8, 4) is 11.8 Å². The highest BCUT2D eigenvalue weighted by atomic mass is 16.5. The van der Waals surface area contributed by atoms with Crippen molar-refractivity contribution in [2.24, 2.45) is 11.7 Å². The average molecular weight is 408 g/mol. The van der Waals surface area contributed by atoms with Crippen LogP contribution in [0.1, 0.15) is 34.7 Å². The van der Waals surface area contributed by atoms with Gasteiger partial charge in [-0.25, -0.2) is 4.85 Å². The van der Waals surface area contributed by atoms with Crippen LogP contribution in [-0.4, -0.2) is 16.6 Å². The molecule has 152 valence electrons. The van der Waals surface area contributed by atoms with E-state index in [1.807, 2.05) is 42.5 Å². The first kappa shape index (κ1) is 19.3. The van der Waals surface area contributed by atoms with Crippen LogP contribution >= 0.6 is 0 Å². The molecule has 4 atom stereocenters. The highest BCUT2D eigenvalue weighted by molar-refractivity contribution is 5.57. The topological polar surface area (TPSA) is 96.5 Å². The number of nitriles is 1. The minimum Gasteiger partial charge on any atom is -0.478 e. The number of aromatic nitrogens is 1. The standard InChI is InChI=1S/C25H20N4O2/c1-28-20-12-22-23(29-15-20)24(30)19(14-27)11-21(17-5-3-2-4-6-17)25(24,31-22)18-9-7-16(13-26)8-10-18/h2-10,12,15,19,21,30H,11,14,27H2/t19-,21+,24-,25+/m1/s1. The summed E-state index contributed by atoms with van der Waals surface area (Å²) in [7, 11) is 0. The van der Waals surface area contributed by atoms with Crippen molar-refractivity contribution in [3.05, 3.63) is 101 Å². The first-order valence-corrected chi connectivity index (χ1v) is 10.1. The summed E-state index contributed by atoms with van der Waals surface area (Å²) < 4.78 is 6.63. The van der Waals surface area contributed by atoms with Crippen LogP contribution in [0, 0.1) is 23.8 Å². The van der Waals surface area contributed by atoms with Crippen molar-refractivity contribution in [2.75, 3.05) is 6.54 Å². The maximum absolute atomic E-state index is 12.4. The maximum atomic E-state index is 12.4. The van der Waals surface area contributed by atoms with Crippen molar-refractivity contribution in [3.63, 3.8) is 0 Å². The van der Waals surface area contributed by atoms with Crippen molar-refractivity contribution < 1.29 is 9.84 Å². The monoisotopic (exact) mass is 408 g/mol. The summed E-state index contributed by atoms with van der Waals surface area (Å²) in [5.41, 5.74) is 6.58. The molecule has 1 saturated carbocycles. The normalized spacial score (nSPS) is 28.1. The Bertz CT molecular complexity index is 1230. The molecule has 5 rings (SSSR count). The number of benzene rings is 2. The van der Waals surface area contributed by atoms with E-state index in [1.165, 1.54) is 6.20 Å². The fourth-order valence-electron chi connectivity index (χ4n) is 5.34. The first-order chi connectivity index (χ1) is 15.1. The number of hydrogen-bond acceptors (Lipinski definition) is 5. The molecule has 0 unspecified atom stereocenters. The van der Waals surface area contributed by atoms with Gasteiger partial charge in [-0.05, 0) is 42.3 Å². The fraction of sp³-hybridized carbons (Fsp3) is 0.240. The molecule has 1 aromatic heterocycles. The van der Waals surface area contributed by atoms with Gasteiger partial charge in [-0.1, -0.05) is 42.5 Å². The largest absolute Gasteiger partial charge is 0.478 e. The second kappa shape index (κ2) is 6.92. The van der Waals surface area contributed by atoms with Gasteiger partial charge in [-0.3, -0.25) is 4.98 Å². The van der Waals surface area contributed by atoms with Gasteiger partial charge in [-0.15, -0.1) is 0 Å². The van der Waals surface area contributed by atoms with Gasteiger partial charge in [0.1, 0.15) is 11.4 Å². The Morgan fingerprint density at radius 2 is 1.97 bits per heavy atom. The summed E-state index contributed by atoms with van der Waals surface area (Å²) in [5, 5.41) is 21.6. The highest BCUT2D eigenvalue weighted by Gasteiger charge is 2.72. The third-order valence-electron chi connectivity index (χ3n) is 6.70. The molecule has 0 radical (unpaired) electrons. The quantitative estimate of drug-likeness (QED) is 0.644. The van der Waals surface area contributed by atoms with Gasteiger partial charge in [0.05, 0.1) is 18.2 Å². The highest BCUT2D eigenvalue weighted by Crippen LogP contribution is 2.68. The second-order valence-corrected chi connectivity index (χ2v) is 8.08. The Hall–Kier alpha value is -3.71. The van der Waals surface area contributed by atoms with Gasteiger partial charge >= 0.3 is 0 Å². The van der Waals surface area contributed by atoms with Crippen LogP contribution in [0.3, 0.4) is 0 Å². The molecule has 0 amide bonds. The summed E-state index contributed by atoms with van der Waals surface area (Å²) in [6.07, 6.45) is 2.08. The van der Waals surface area contributed by atoms with E-state index in [0.717, 1.165) is 11.1 Å². The molecule has 0 saturated heterocycles. The second-order valence-electron chi connectivity index (χ2n) is 8.08. The number of nitrogens with zero attached hydrogens (tertiary/aromatic N) is 3. The summed E-state index contributed by atoms with van der Waals surface area (Å²) >= 11 is 0. The Morgan fingerprint density at radius 3 is 2.61 bits per heavy atom. The van der Waals surface area contributed by atoms with E-state index in [0.29, 0.717) is 29.1 Å². The van der Waals surface area contributed by atoms with Gasteiger partial charge < -0.3 is 15.6 Å². The van der Waals surface area contributed by atoms with Gasteiger partial charge in [-0.2, -0.15) is 5.26 Å². The molecular formula is C25H20N4O2. The summed E-state index contributed by atoms with van der Waals surface area (Å²) in [5.74, 6) is -0.105. The van der Waals surface area contributed by atoms with Crippen molar-refractivity contribution in [1.29, 1.82) is 5.26 Å². The zero-order valence-electron chi connectivity index (χ0n) is 16.7. The Morgan fingerprint density at radius 1 is 1.23 bits per heavy atom. The molecule has 2 aromatic carbocycles. The molecule has 1 fully saturated rings. The molecule has 6 heteroatoms. The van der Waals surface area contributed by atoms with Crippen LogP contribution in [0.5, 0.6) is 5.75 Å². The molecule has 0 bridgehead atoms. The Balaban J connectivity index is 1.80. The van der Waals surface area contributed by atoms with E-state index >= 15 is 0 Å². The lowest BCUT2D eigenvalue weighted by Crippen LogP contribution is -2.51. The number of ether oxygens (including phenoxy) is 1. The zero-order chi connectivity index (χ0) is 21.6. The average Bonchev–Trinajstić information content (AvgIpc) is 3.24. The zero-order valence-corrected chi connectivity index (χ0v) is 16.7. The predicted molar refractivity (Wildman–Crippen MR) is 114 cm³/mol. The molecular weight excluding hydrogens is 388 g/mol. The van der Waals surface area contributed by atoms with Crippen LogP contribution in [-0.2, 0) is 11.2 Å². The minimum atomic E-state index is -1.48. The van der Waals surface area contributed by atoms with E-state index in [2.05, 4.69) is 15.9 Å². The number of nitrogens with two attached hydrogens (primary N) is 1. The van der Waals surface area contributed by atoms with Crippen LogP contribution in [0.2, 0.25) is 0 Å². The lowest BCUT2D eigenvalue weighted by Gasteiger charge is -2.41. The minimum absolute atomic E-state index is 0.203. The molecule has 1 aliphatic carbocycles. The summed E-state index contributed by atoms with van der Waals surface area (Å²) in [4.78, 5) is 7.94. The molecule has 2 heterocycles. The van der Waals surface area contributed by atoms with Crippen LogP contribution in [0.4, 0.5) is 5.69 Å². The fourth-order valence-corrected chi connectivity index (χ4v) is 5.34. The van der Waals surface area contributed by atoms with Crippen molar-refractivity contribution >= 4 is 5.69 Å². The Kier molecular flexibility index (Phi) is 4.30. The molecule has 3 N–H and O–H groups in total. The number of hydrogen-bond donors (Lipinski definition) is 2. The van der Waals surface area contributed by atoms with E-state index in [-0.39, 0.29) is 18.4 Å². The van der Waals surface area contributed by atoms with Gasteiger partial charge in [0.2, 0.25) is 5.69 Å². The maximum Gasteiger partial charge on any atom is 0.208 e. The number of pyridine rings is 1. The molecule has 1 aliphatic heterocycles. The number of rotatable bonds is 3. The molecule has 3 aromatic rings. The predicted octanol–water partition coefficient (Wildman–Crippen LogP) is 3.74. The SMILES string of the molecule is [C-]#[N+]c1cnc2c(c1)O[C@@]1(c3ccc(C#N)cc3)[C@H](c3ccccc3)C[C@H](CN)[C@@]21O. The van der Waals surface area contributed by atoms with E-state index < -0.39 is 11.2 Å². The van der Waals surface area contributed by atoms with Crippen LogP contribution < -0.4 is 10.5 Å². The smallest absolute Gasteiger partial charge is 0.208 e. The van der Waals surface area contributed by atoms with Crippen molar-refractivity contribution in [2.45, 2.75) is 23.5 Å². The van der Waals surface area contributed by atoms with E-state index in [9.17, 15) is 10.4 Å². The first-order valence-electron chi connectivity index (χ1n) is 10.1. The van der Waals surface area contributed by atoms with Gasteiger partial charge in [0, 0.05) is 18.0 Å². The molecule has 31 heavy (non-hydrogen) atoms. The molecule has 6 nitrogen and oxygen atoms in total. The third-order valence-corrected chi connectivity index (χ3v) is 6.70. The van der Waals surface area contributed by atoms with Gasteiger partial charge in [0.25, 0.3) is 0 Å². The number of aliphatic hydroxyl groups is 1. The Labute approximate surface area is 180 Å². The third kappa shape index (κ3) is 2.47. The lowest BCUT2D eigenvalue weighted by molar-refractivity contribution is -0.127. The molecule has 2 aliphatic rings. The lowest BCUT2D eigenvalue weighted by atomic mass is 9.71. The number of fused-ring (bicyclic) bond motifs is 3. The summed E-state index contributed by atoms with van der Waals surface area (Å²) in [6.45, 7) is 7.59. The van der Waals surface area contributed by atoms with Gasteiger partial charge in [0.15, 0.2) is 11.2 Å². The van der Waals surface area contributed by atoms with Crippen molar-refractivity contribution in [1.82, 2.24) is 4.98 Å². The molecule has 0 spiro atoms. The van der Waals surface area contributed by atoms with E-state index in [4.69, 9.17) is 17.0 Å².